The van der Waals surface area contributed by atoms with Gasteiger partial charge in [-0.25, -0.2) is 0 Å². The summed E-state index contributed by atoms with van der Waals surface area (Å²) in [5.74, 6) is 0. The van der Waals surface area contributed by atoms with Crippen molar-refractivity contribution in [1.82, 2.24) is 10.6 Å². The largest absolute Gasteiger partial charge is 0.387 e. The molecule has 1 aromatic carbocycles. The van der Waals surface area contributed by atoms with Crippen molar-refractivity contribution < 1.29 is 0 Å². The van der Waals surface area contributed by atoms with Gasteiger partial charge in [0.2, 0.25) is 0 Å². The Morgan fingerprint density at radius 2 is 2.24 bits per heavy atom. The Morgan fingerprint density at radius 3 is 3.24 bits per heavy atom. The van der Waals surface area contributed by atoms with Crippen LogP contribution in [0.5, 0.6) is 0 Å². The van der Waals surface area contributed by atoms with Crippen LogP contribution in [0.2, 0.25) is 0 Å². The maximum absolute atomic E-state index is 3.57. The summed E-state index contributed by atoms with van der Waals surface area (Å²) in [6.45, 7) is 3.94. The molecule has 0 saturated heterocycles. The SMILES string of the molecule is C1=CSC2=C(C1)c1cc3c(c4c1N(CNC4)C2)C=CNC3. The smallest absolute Gasteiger partial charge is 0.0689 e. The number of benzene rings is 1. The molecule has 0 saturated carbocycles. The Balaban J connectivity index is 1.80. The van der Waals surface area contributed by atoms with E-state index in [0.29, 0.717) is 0 Å². The van der Waals surface area contributed by atoms with Crippen LogP contribution in [0.1, 0.15) is 28.7 Å². The van der Waals surface area contributed by atoms with Crippen molar-refractivity contribution in [2.24, 2.45) is 0 Å². The van der Waals surface area contributed by atoms with Crippen molar-refractivity contribution in [1.29, 1.82) is 0 Å². The quantitative estimate of drug-likeness (QED) is 0.769. The molecule has 0 fully saturated rings. The molecule has 4 aliphatic heterocycles. The van der Waals surface area contributed by atoms with Gasteiger partial charge in [0.15, 0.2) is 0 Å². The third kappa shape index (κ3) is 1.66. The van der Waals surface area contributed by atoms with Gasteiger partial charge in [0.1, 0.15) is 0 Å². The summed E-state index contributed by atoms with van der Waals surface area (Å²) < 4.78 is 0. The highest BCUT2D eigenvalue weighted by Crippen LogP contribution is 2.47. The van der Waals surface area contributed by atoms with Gasteiger partial charge in [-0.2, -0.15) is 0 Å². The van der Waals surface area contributed by atoms with Crippen molar-refractivity contribution in [3.8, 4) is 0 Å². The van der Waals surface area contributed by atoms with Crippen LogP contribution in [0.15, 0.2) is 28.7 Å². The van der Waals surface area contributed by atoms with Crippen LogP contribution in [-0.4, -0.2) is 13.2 Å². The minimum atomic E-state index is 0.942. The van der Waals surface area contributed by atoms with Crippen LogP contribution < -0.4 is 15.5 Å². The Bertz CT molecular complexity index is 730. The van der Waals surface area contributed by atoms with E-state index in [1.54, 1.807) is 5.57 Å². The van der Waals surface area contributed by atoms with Crippen LogP contribution in [0.3, 0.4) is 0 Å². The molecule has 5 rings (SSSR count). The predicted octanol–water partition coefficient (Wildman–Crippen LogP) is 3.00. The third-order valence-electron chi connectivity index (χ3n) is 4.74. The van der Waals surface area contributed by atoms with Crippen molar-refractivity contribution in [2.45, 2.75) is 19.5 Å². The number of rotatable bonds is 0. The number of nitrogens with one attached hydrogen (secondary N) is 2. The van der Waals surface area contributed by atoms with Crippen molar-refractivity contribution >= 4 is 29.1 Å². The molecule has 0 spiro atoms. The fourth-order valence-electron chi connectivity index (χ4n) is 3.82. The molecule has 0 radical (unpaired) electrons. The Kier molecular flexibility index (Phi) is 2.52. The lowest BCUT2D eigenvalue weighted by Crippen LogP contribution is -2.43. The second-order valence-electron chi connectivity index (χ2n) is 5.92. The van der Waals surface area contributed by atoms with Crippen molar-refractivity contribution in [2.75, 3.05) is 18.1 Å². The molecule has 4 heterocycles. The number of fused-ring (bicyclic) bond motifs is 3. The van der Waals surface area contributed by atoms with Gasteiger partial charge in [-0.1, -0.05) is 6.08 Å². The summed E-state index contributed by atoms with van der Waals surface area (Å²) in [7, 11) is 0. The maximum Gasteiger partial charge on any atom is 0.0689 e. The fourth-order valence-corrected chi connectivity index (χ4v) is 4.74. The first-order valence-electron chi connectivity index (χ1n) is 7.50. The highest BCUT2D eigenvalue weighted by atomic mass is 32.2. The van der Waals surface area contributed by atoms with Gasteiger partial charge in [0, 0.05) is 23.6 Å². The summed E-state index contributed by atoms with van der Waals surface area (Å²) in [6, 6.07) is 2.43. The minimum Gasteiger partial charge on any atom is -0.387 e. The molecule has 3 nitrogen and oxygen atoms in total. The van der Waals surface area contributed by atoms with E-state index in [-0.39, 0.29) is 0 Å². The summed E-state index contributed by atoms with van der Waals surface area (Å²) in [6.07, 6.45) is 7.69. The van der Waals surface area contributed by atoms with E-state index in [9.17, 15) is 0 Å². The lowest BCUT2D eigenvalue weighted by Gasteiger charge is -2.41. The van der Waals surface area contributed by atoms with Gasteiger partial charge < -0.3 is 10.2 Å². The number of anilines is 1. The molecular weight excluding hydrogens is 278 g/mol. The maximum atomic E-state index is 3.57. The lowest BCUT2D eigenvalue weighted by molar-refractivity contribution is 0.624. The summed E-state index contributed by atoms with van der Waals surface area (Å²) in [5, 5.41) is 9.16. The Labute approximate surface area is 128 Å². The number of hydrogen-bond donors (Lipinski definition) is 2. The molecule has 0 amide bonds. The van der Waals surface area contributed by atoms with Gasteiger partial charge in [-0.15, -0.1) is 11.8 Å². The van der Waals surface area contributed by atoms with Gasteiger partial charge in [0.25, 0.3) is 0 Å². The molecule has 4 aliphatic rings. The first-order valence-corrected chi connectivity index (χ1v) is 8.38. The van der Waals surface area contributed by atoms with Crippen LogP contribution >= 0.6 is 11.8 Å². The predicted molar refractivity (Wildman–Crippen MR) is 89.6 cm³/mol. The van der Waals surface area contributed by atoms with E-state index in [4.69, 9.17) is 0 Å². The highest BCUT2D eigenvalue weighted by Gasteiger charge is 2.31. The average molecular weight is 295 g/mol. The number of thioether (sulfide) groups is 1. The van der Waals surface area contributed by atoms with Gasteiger partial charge in [-0.05, 0) is 52.4 Å². The molecule has 2 N–H and O–H groups in total. The van der Waals surface area contributed by atoms with Crippen molar-refractivity contribution in [3.05, 3.63) is 50.9 Å². The molecule has 4 heteroatoms. The molecule has 1 aromatic rings. The molecule has 0 atom stereocenters. The lowest BCUT2D eigenvalue weighted by atomic mass is 9.86. The van der Waals surface area contributed by atoms with Gasteiger partial charge >= 0.3 is 0 Å². The minimum absolute atomic E-state index is 0.942. The molecule has 0 aliphatic carbocycles. The van der Waals surface area contributed by atoms with Crippen LogP contribution in [0.4, 0.5) is 5.69 Å². The molecule has 0 bridgehead atoms. The summed E-state index contributed by atoms with van der Waals surface area (Å²) >= 11 is 1.90. The number of hydrogen-bond acceptors (Lipinski definition) is 4. The first-order chi connectivity index (χ1) is 10.4. The van der Waals surface area contributed by atoms with Crippen LogP contribution in [0.25, 0.3) is 11.6 Å². The summed E-state index contributed by atoms with van der Waals surface area (Å²) in [4.78, 5) is 4.04. The fraction of sp³-hybridized carbons (Fsp3) is 0.294. The highest BCUT2D eigenvalue weighted by molar-refractivity contribution is 8.06. The van der Waals surface area contributed by atoms with E-state index >= 15 is 0 Å². The van der Waals surface area contributed by atoms with Gasteiger partial charge in [-0.3, -0.25) is 5.32 Å². The molecule has 0 unspecified atom stereocenters. The normalized spacial score (nSPS) is 21.6. The number of allylic oxidation sites excluding steroid dienone is 2. The Hall–Kier alpha value is -1.65. The van der Waals surface area contributed by atoms with Gasteiger partial charge in [0.05, 0.1) is 18.9 Å². The van der Waals surface area contributed by atoms with E-state index in [0.717, 1.165) is 32.7 Å². The average Bonchev–Trinajstić information content (AvgIpc) is 2.55. The molecule has 106 valence electrons. The number of nitrogens with zero attached hydrogens (tertiary/aromatic N) is 1. The standard InChI is InChI=1S/C17H17N3S/c1-2-13-14-6-11-7-18-4-3-12(11)15-8-19-10-20(17(14)15)9-16(13)21-5-1/h1,3-6,18-19H,2,7-10H2. The van der Waals surface area contributed by atoms with E-state index in [2.05, 4.69) is 45.4 Å². The van der Waals surface area contributed by atoms with E-state index in [1.807, 2.05) is 11.8 Å². The van der Waals surface area contributed by atoms with E-state index in [1.165, 1.54) is 32.8 Å². The third-order valence-corrected chi connectivity index (χ3v) is 5.72. The zero-order valence-corrected chi connectivity index (χ0v) is 12.6. The van der Waals surface area contributed by atoms with Crippen LogP contribution in [0, 0.1) is 0 Å². The molecular formula is C17H17N3S. The van der Waals surface area contributed by atoms with Crippen LogP contribution in [-0.2, 0) is 13.1 Å². The van der Waals surface area contributed by atoms with E-state index < -0.39 is 0 Å². The molecule has 0 aromatic heterocycles. The second-order valence-corrected chi connectivity index (χ2v) is 6.92. The van der Waals surface area contributed by atoms with Crippen molar-refractivity contribution in [3.63, 3.8) is 0 Å². The Morgan fingerprint density at radius 1 is 1.24 bits per heavy atom. The monoisotopic (exact) mass is 295 g/mol. The zero-order valence-electron chi connectivity index (χ0n) is 11.8. The topological polar surface area (TPSA) is 27.3 Å². The zero-order chi connectivity index (χ0) is 13.8. The molecule has 21 heavy (non-hydrogen) atoms. The first kappa shape index (κ1) is 12.0. The second kappa shape index (κ2) is 4.42. The summed E-state index contributed by atoms with van der Waals surface area (Å²) in [5.41, 5.74) is 8.84.